The smallest absolute Gasteiger partial charge is 0.257 e. The Hall–Kier alpha value is -1.37. The minimum atomic E-state index is -2.31. The second-order valence-electron chi connectivity index (χ2n) is 4.42. The maximum absolute atomic E-state index is 13.4. The number of halogens is 6. The van der Waals surface area contributed by atoms with E-state index in [0.717, 1.165) is 0 Å². The van der Waals surface area contributed by atoms with Gasteiger partial charge in [-0.05, 0) is 5.92 Å². The van der Waals surface area contributed by atoms with Gasteiger partial charge >= 0.3 is 0 Å². The summed E-state index contributed by atoms with van der Waals surface area (Å²) in [4.78, 5) is 11.7. The molecule has 1 rings (SSSR count). The van der Waals surface area contributed by atoms with Crippen molar-refractivity contribution in [1.82, 2.24) is 5.32 Å². The number of carbonyl (C=O) groups excluding carboxylic acids is 1. The maximum Gasteiger partial charge on any atom is 0.257 e. The average molecular weight is 316 g/mol. The van der Waals surface area contributed by atoms with Gasteiger partial charge in [0.15, 0.2) is 23.3 Å². The van der Waals surface area contributed by atoms with E-state index >= 15 is 0 Å². The predicted molar refractivity (Wildman–Crippen MR) is 63.0 cm³/mol. The molecule has 1 atom stereocenters. The maximum atomic E-state index is 13.4. The number of alkyl halides is 1. The first-order valence-corrected chi connectivity index (χ1v) is 6.14. The molecule has 0 heterocycles. The monoisotopic (exact) mass is 315 g/mol. The highest BCUT2D eigenvalue weighted by atomic mass is 35.5. The number of hydrogen-bond acceptors (Lipinski definition) is 1. The molecule has 0 saturated carbocycles. The van der Waals surface area contributed by atoms with Crippen molar-refractivity contribution in [3.8, 4) is 0 Å². The van der Waals surface area contributed by atoms with Crippen LogP contribution in [0.3, 0.4) is 0 Å². The summed E-state index contributed by atoms with van der Waals surface area (Å²) in [5.41, 5.74) is -1.52. The van der Waals surface area contributed by atoms with Crippen LogP contribution in [0.15, 0.2) is 0 Å². The molecule has 2 nitrogen and oxygen atoms in total. The van der Waals surface area contributed by atoms with Crippen molar-refractivity contribution in [2.24, 2.45) is 5.92 Å². The lowest BCUT2D eigenvalue weighted by Crippen LogP contribution is -2.40. The molecule has 0 aliphatic rings. The van der Waals surface area contributed by atoms with Gasteiger partial charge < -0.3 is 5.32 Å². The van der Waals surface area contributed by atoms with Gasteiger partial charge in [-0.1, -0.05) is 13.8 Å². The first-order valence-electron chi connectivity index (χ1n) is 5.60. The van der Waals surface area contributed by atoms with E-state index in [1.165, 1.54) is 0 Å². The van der Waals surface area contributed by atoms with Gasteiger partial charge in [0.1, 0.15) is 5.56 Å². The molecule has 8 heteroatoms. The van der Waals surface area contributed by atoms with Crippen molar-refractivity contribution >= 4 is 17.5 Å². The average Bonchev–Trinajstić information content (AvgIpc) is 2.40. The van der Waals surface area contributed by atoms with Gasteiger partial charge in [-0.25, -0.2) is 22.0 Å². The topological polar surface area (TPSA) is 29.1 Å². The molecule has 0 fully saturated rings. The molecule has 1 N–H and O–H groups in total. The Morgan fingerprint density at radius 2 is 1.40 bits per heavy atom. The van der Waals surface area contributed by atoms with Gasteiger partial charge in [0.25, 0.3) is 5.91 Å². The summed E-state index contributed by atoms with van der Waals surface area (Å²) in [5, 5.41) is 2.13. The fourth-order valence-electron chi connectivity index (χ4n) is 1.43. The second-order valence-corrected chi connectivity index (χ2v) is 4.73. The van der Waals surface area contributed by atoms with E-state index in [1.54, 1.807) is 13.8 Å². The molecule has 1 aromatic rings. The van der Waals surface area contributed by atoms with E-state index < -0.39 is 46.6 Å². The number of amides is 1. The van der Waals surface area contributed by atoms with Crippen molar-refractivity contribution in [2.75, 3.05) is 5.88 Å². The van der Waals surface area contributed by atoms with Crippen LogP contribution in [-0.2, 0) is 0 Å². The van der Waals surface area contributed by atoms with Crippen LogP contribution in [0.5, 0.6) is 0 Å². The fourth-order valence-corrected chi connectivity index (χ4v) is 1.86. The lowest BCUT2D eigenvalue weighted by atomic mass is 10.1. The Bertz CT molecular complexity index is 506. The first-order chi connectivity index (χ1) is 9.22. The molecule has 20 heavy (non-hydrogen) atoms. The van der Waals surface area contributed by atoms with Crippen LogP contribution in [0, 0.1) is 35.0 Å². The zero-order valence-corrected chi connectivity index (χ0v) is 11.3. The second kappa shape index (κ2) is 6.39. The highest BCUT2D eigenvalue weighted by Gasteiger charge is 2.30. The van der Waals surface area contributed by atoms with Crippen molar-refractivity contribution in [3.05, 3.63) is 34.6 Å². The Kier molecular flexibility index (Phi) is 5.33. The van der Waals surface area contributed by atoms with Gasteiger partial charge in [-0.15, -0.1) is 11.6 Å². The normalized spacial score (nSPS) is 12.7. The Labute approximate surface area is 116 Å². The summed E-state index contributed by atoms with van der Waals surface area (Å²) in [7, 11) is 0. The third-order valence-corrected chi connectivity index (χ3v) is 3.06. The third kappa shape index (κ3) is 3.03. The van der Waals surface area contributed by atoms with Crippen molar-refractivity contribution < 1.29 is 26.7 Å². The number of nitrogens with one attached hydrogen (secondary N) is 1. The molecule has 0 aromatic heterocycles. The van der Waals surface area contributed by atoms with E-state index in [2.05, 4.69) is 5.32 Å². The number of hydrogen-bond donors (Lipinski definition) is 1. The Morgan fingerprint density at radius 1 is 1.00 bits per heavy atom. The zero-order valence-electron chi connectivity index (χ0n) is 10.5. The molecule has 0 aliphatic heterocycles. The fraction of sp³-hybridized carbons (Fsp3) is 0.417. The first kappa shape index (κ1) is 16.7. The molecular formula is C12H11ClF5NO. The summed E-state index contributed by atoms with van der Waals surface area (Å²) < 4.78 is 65.6. The lowest BCUT2D eigenvalue weighted by molar-refractivity contribution is 0.0919. The van der Waals surface area contributed by atoms with Gasteiger partial charge in [-0.2, -0.15) is 0 Å². The summed E-state index contributed by atoms with van der Waals surface area (Å²) >= 11 is 5.55. The molecule has 1 aromatic carbocycles. The summed E-state index contributed by atoms with van der Waals surface area (Å²) in [5.74, 6) is -12.6. The van der Waals surface area contributed by atoms with Crippen molar-refractivity contribution in [2.45, 2.75) is 19.9 Å². The van der Waals surface area contributed by atoms with E-state index in [0.29, 0.717) is 0 Å². The highest BCUT2D eigenvalue weighted by Crippen LogP contribution is 2.23. The quantitative estimate of drug-likeness (QED) is 0.392. The molecule has 1 unspecified atom stereocenters. The molecule has 0 radical (unpaired) electrons. The van der Waals surface area contributed by atoms with Crippen LogP contribution in [0.25, 0.3) is 0 Å². The van der Waals surface area contributed by atoms with E-state index in [4.69, 9.17) is 11.6 Å². The SMILES string of the molecule is CC(C)C(CCl)NC(=O)c1c(F)c(F)c(F)c(F)c1F. The van der Waals surface area contributed by atoms with Gasteiger partial charge in [-0.3, -0.25) is 4.79 Å². The number of rotatable bonds is 4. The summed E-state index contributed by atoms with van der Waals surface area (Å²) in [6, 6.07) is -0.667. The van der Waals surface area contributed by atoms with E-state index in [1.807, 2.05) is 0 Å². The van der Waals surface area contributed by atoms with Crippen molar-refractivity contribution in [1.29, 1.82) is 0 Å². The Balaban J connectivity index is 3.24. The van der Waals surface area contributed by atoms with Crippen LogP contribution in [0.4, 0.5) is 22.0 Å². The van der Waals surface area contributed by atoms with Gasteiger partial charge in [0.2, 0.25) is 5.82 Å². The molecule has 0 bridgehead atoms. The standard InChI is InChI=1S/C12H11ClF5NO/c1-4(2)5(3-13)19-12(20)6-7(14)9(16)11(18)10(17)8(6)15/h4-5H,3H2,1-2H3,(H,19,20). The van der Waals surface area contributed by atoms with E-state index in [9.17, 15) is 26.7 Å². The molecule has 112 valence electrons. The summed E-state index contributed by atoms with van der Waals surface area (Å²) in [6.45, 7) is 3.34. The molecular weight excluding hydrogens is 305 g/mol. The largest absolute Gasteiger partial charge is 0.348 e. The number of carbonyl (C=O) groups is 1. The Morgan fingerprint density at radius 3 is 1.75 bits per heavy atom. The molecule has 1 amide bonds. The predicted octanol–water partition coefficient (Wildman–Crippen LogP) is 3.38. The van der Waals surface area contributed by atoms with Crippen LogP contribution in [-0.4, -0.2) is 17.8 Å². The molecule has 0 aliphatic carbocycles. The minimum absolute atomic E-state index is 0.0706. The van der Waals surface area contributed by atoms with Crippen LogP contribution in [0.1, 0.15) is 24.2 Å². The third-order valence-electron chi connectivity index (χ3n) is 2.72. The lowest BCUT2D eigenvalue weighted by Gasteiger charge is -2.20. The zero-order chi connectivity index (χ0) is 15.6. The summed E-state index contributed by atoms with van der Waals surface area (Å²) in [6.07, 6.45) is 0. The molecule has 0 spiro atoms. The minimum Gasteiger partial charge on any atom is -0.348 e. The van der Waals surface area contributed by atoms with Crippen LogP contribution in [0.2, 0.25) is 0 Å². The number of benzene rings is 1. The van der Waals surface area contributed by atoms with Crippen molar-refractivity contribution in [3.63, 3.8) is 0 Å². The van der Waals surface area contributed by atoms with Gasteiger partial charge in [0.05, 0.1) is 0 Å². The van der Waals surface area contributed by atoms with Crippen LogP contribution >= 0.6 is 11.6 Å². The molecule has 0 saturated heterocycles. The van der Waals surface area contributed by atoms with Gasteiger partial charge in [0, 0.05) is 11.9 Å². The van der Waals surface area contributed by atoms with E-state index in [-0.39, 0.29) is 11.8 Å². The highest BCUT2D eigenvalue weighted by molar-refractivity contribution is 6.18. The van der Waals surface area contributed by atoms with Crippen LogP contribution < -0.4 is 5.32 Å².